The molecule has 23 heavy (non-hydrogen) atoms. The standard InChI is InChI=1S/C21H30N2/c22-17-8-7-16-12-20-18-6-1-2-9-21(18,19(16)13-17)10-11-23(20)14-15-4-3-5-15/h7-8,13,15,18,20H,1-6,9-12,14,22H2/t18-,20-,21-/m0/s1. The number of hydrogen-bond acceptors (Lipinski definition) is 2. The van der Waals surface area contributed by atoms with Gasteiger partial charge in [-0.25, -0.2) is 0 Å². The SMILES string of the molecule is Nc1ccc2c(c1)[C@]13CCCC[C@H]1[C@H](C2)N(CC1CCC1)CC3. The highest BCUT2D eigenvalue weighted by molar-refractivity contribution is 5.51. The molecule has 0 amide bonds. The van der Waals surface area contributed by atoms with Crippen LogP contribution < -0.4 is 5.73 Å². The van der Waals surface area contributed by atoms with Crippen molar-refractivity contribution in [2.24, 2.45) is 11.8 Å². The molecule has 2 heteroatoms. The van der Waals surface area contributed by atoms with E-state index in [-0.39, 0.29) is 0 Å². The average Bonchev–Trinajstić information content (AvgIpc) is 2.53. The largest absolute Gasteiger partial charge is 0.399 e. The molecule has 1 aliphatic heterocycles. The number of nitrogens with two attached hydrogens (primary N) is 1. The number of benzene rings is 1. The molecule has 124 valence electrons. The first kappa shape index (κ1) is 14.3. The van der Waals surface area contributed by atoms with E-state index < -0.39 is 0 Å². The summed E-state index contributed by atoms with van der Waals surface area (Å²) < 4.78 is 0. The van der Waals surface area contributed by atoms with E-state index in [1.807, 2.05) is 0 Å². The lowest BCUT2D eigenvalue weighted by Gasteiger charge is -2.59. The number of anilines is 1. The summed E-state index contributed by atoms with van der Waals surface area (Å²) in [4.78, 5) is 2.90. The van der Waals surface area contributed by atoms with Gasteiger partial charge in [-0.3, -0.25) is 4.90 Å². The Bertz CT molecular complexity index is 606. The van der Waals surface area contributed by atoms with E-state index in [4.69, 9.17) is 5.73 Å². The Morgan fingerprint density at radius 3 is 2.83 bits per heavy atom. The Morgan fingerprint density at radius 1 is 1.09 bits per heavy atom. The van der Waals surface area contributed by atoms with E-state index in [0.717, 1.165) is 23.6 Å². The highest BCUT2D eigenvalue weighted by atomic mass is 15.2. The molecule has 2 N–H and O–H groups in total. The first-order valence-electron chi connectivity index (χ1n) is 9.89. The highest BCUT2D eigenvalue weighted by Gasteiger charge is 2.53. The quantitative estimate of drug-likeness (QED) is 0.832. The van der Waals surface area contributed by atoms with Crippen LogP contribution in [0.2, 0.25) is 0 Å². The molecule has 0 aromatic heterocycles. The number of nitrogen functional groups attached to an aromatic ring is 1. The molecule has 3 atom stereocenters. The van der Waals surface area contributed by atoms with Gasteiger partial charge in [0.05, 0.1) is 0 Å². The van der Waals surface area contributed by atoms with Gasteiger partial charge in [-0.1, -0.05) is 25.3 Å². The summed E-state index contributed by atoms with van der Waals surface area (Å²) in [5.41, 5.74) is 10.9. The first-order chi connectivity index (χ1) is 11.3. The van der Waals surface area contributed by atoms with Crippen LogP contribution in [0.25, 0.3) is 0 Å². The number of likely N-dealkylation sites (tertiary alicyclic amines) is 1. The van der Waals surface area contributed by atoms with Crippen LogP contribution in [0.15, 0.2) is 18.2 Å². The molecule has 2 bridgehead atoms. The van der Waals surface area contributed by atoms with Crippen LogP contribution in [0.1, 0.15) is 62.5 Å². The normalized spacial score (nSPS) is 36.9. The number of rotatable bonds is 2. The number of fused-ring (bicyclic) bond motifs is 1. The molecule has 1 saturated heterocycles. The van der Waals surface area contributed by atoms with E-state index in [2.05, 4.69) is 23.1 Å². The van der Waals surface area contributed by atoms with E-state index in [9.17, 15) is 0 Å². The molecular formula is C21H30N2. The Kier molecular flexibility index (Phi) is 3.27. The Labute approximate surface area is 140 Å². The third-order valence-electron chi connectivity index (χ3n) is 7.69. The van der Waals surface area contributed by atoms with Crippen LogP contribution in [-0.2, 0) is 11.8 Å². The van der Waals surface area contributed by atoms with Gasteiger partial charge in [-0.2, -0.15) is 0 Å². The zero-order valence-corrected chi connectivity index (χ0v) is 14.3. The number of hydrogen-bond donors (Lipinski definition) is 1. The molecule has 1 aromatic rings. The second kappa shape index (κ2) is 5.24. The van der Waals surface area contributed by atoms with Crippen molar-refractivity contribution in [2.75, 3.05) is 18.8 Å². The molecule has 4 aliphatic rings. The Hall–Kier alpha value is -1.02. The van der Waals surface area contributed by atoms with Gasteiger partial charge in [-0.15, -0.1) is 0 Å². The van der Waals surface area contributed by atoms with Crippen molar-refractivity contribution in [1.82, 2.24) is 4.90 Å². The fourth-order valence-electron chi connectivity index (χ4n) is 6.34. The average molecular weight is 310 g/mol. The summed E-state index contributed by atoms with van der Waals surface area (Å²) in [6.07, 6.45) is 12.8. The van der Waals surface area contributed by atoms with Gasteiger partial charge in [0, 0.05) is 23.7 Å². The van der Waals surface area contributed by atoms with Crippen LogP contribution >= 0.6 is 0 Å². The predicted molar refractivity (Wildman–Crippen MR) is 95.5 cm³/mol. The second-order valence-corrected chi connectivity index (χ2v) is 8.74. The van der Waals surface area contributed by atoms with Gasteiger partial charge in [-0.05, 0) is 80.2 Å². The smallest absolute Gasteiger partial charge is 0.0317 e. The summed E-state index contributed by atoms with van der Waals surface area (Å²) >= 11 is 0. The third kappa shape index (κ3) is 2.10. The first-order valence-corrected chi connectivity index (χ1v) is 9.89. The van der Waals surface area contributed by atoms with Gasteiger partial charge in [0.25, 0.3) is 0 Å². The molecule has 1 heterocycles. The van der Waals surface area contributed by atoms with E-state index in [0.29, 0.717) is 5.41 Å². The maximum absolute atomic E-state index is 6.18. The lowest BCUT2D eigenvalue weighted by atomic mass is 9.52. The Balaban J connectivity index is 1.54. The van der Waals surface area contributed by atoms with Crippen molar-refractivity contribution in [3.63, 3.8) is 0 Å². The summed E-state index contributed by atoms with van der Waals surface area (Å²) in [6, 6.07) is 7.62. The van der Waals surface area contributed by atoms with Gasteiger partial charge in [0.1, 0.15) is 0 Å². The lowest BCUT2D eigenvalue weighted by molar-refractivity contribution is -0.0239. The van der Waals surface area contributed by atoms with E-state index >= 15 is 0 Å². The van der Waals surface area contributed by atoms with Gasteiger partial charge >= 0.3 is 0 Å². The Morgan fingerprint density at radius 2 is 2.00 bits per heavy atom. The van der Waals surface area contributed by atoms with E-state index in [1.165, 1.54) is 70.9 Å². The van der Waals surface area contributed by atoms with E-state index in [1.54, 1.807) is 11.1 Å². The second-order valence-electron chi connectivity index (χ2n) is 8.74. The number of nitrogens with zero attached hydrogens (tertiary/aromatic N) is 1. The summed E-state index contributed by atoms with van der Waals surface area (Å²) in [7, 11) is 0. The lowest BCUT2D eigenvalue weighted by Crippen LogP contribution is -2.61. The fourth-order valence-corrected chi connectivity index (χ4v) is 6.34. The van der Waals surface area contributed by atoms with Crippen molar-refractivity contribution in [2.45, 2.75) is 69.2 Å². The van der Waals surface area contributed by atoms with Crippen molar-refractivity contribution >= 4 is 5.69 Å². The maximum Gasteiger partial charge on any atom is 0.0317 e. The minimum Gasteiger partial charge on any atom is -0.399 e. The van der Waals surface area contributed by atoms with Crippen LogP contribution in [0.5, 0.6) is 0 Å². The summed E-state index contributed by atoms with van der Waals surface area (Å²) in [5.74, 6) is 1.89. The van der Waals surface area contributed by atoms with Crippen molar-refractivity contribution < 1.29 is 0 Å². The molecule has 3 fully saturated rings. The summed E-state index contributed by atoms with van der Waals surface area (Å²) in [6.45, 7) is 2.70. The highest BCUT2D eigenvalue weighted by Crippen LogP contribution is 2.56. The van der Waals surface area contributed by atoms with Gasteiger partial charge < -0.3 is 5.73 Å². The van der Waals surface area contributed by atoms with Crippen molar-refractivity contribution in [1.29, 1.82) is 0 Å². The topological polar surface area (TPSA) is 29.3 Å². The zero-order chi connectivity index (χ0) is 15.4. The molecule has 0 spiro atoms. The van der Waals surface area contributed by atoms with Gasteiger partial charge in [0.2, 0.25) is 0 Å². The molecular weight excluding hydrogens is 280 g/mol. The summed E-state index contributed by atoms with van der Waals surface area (Å²) in [5, 5.41) is 0. The fraction of sp³-hybridized carbons (Fsp3) is 0.714. The molecule has 2 saturated carbocycles. The minimum absolute atomic E-state index is 0.460. The van der Waals surface area contributed by atoms with Crippen LogP contribution in [0.3, 0.4) is 0 Å². The zero-order valence-electron chi connectivity index (χ0n) is 14.3. The molecule has 0 radical (unpaired) electrons. The molecule has 2 nitrogen and oxygen atoms in total. The number of piperidine rings is 1. The van der Waals surface area contributed by atoms with Crippen LogP contribution in [0, 0.1) is 11.8 Å². The van der Waals surface area contributed by atoms with Crippen LogP contribution in [-0.4, -0.2) is 24.0 Å². The molecule has 1 aromatic carbocycles. The van der Waals surface area contributed by atoms with Crippen molar-refractivity contribution in [3.05, 3.63) is 29.3 Å². The monoisotopic (exact) mass is 310 g/mol. The van der Waals surface area contributed by atoms with Gasteiger partial charge in [0.15, 0.2) is 0 Å². The minimum atomic E-state index is 0.460. The van der Waals surface area contributed by atoms with Crippen molar-refractivity contribution in [3.8, 4) is 0 Å². The molecule has 3 aliphatic carbocycles. The third-order valence-corrected chi connectivity index (χ3v) is 7.69. The maximum atomic E-state index is 6.18. The molecule has 0 unspecified atom stereocenters. The predicted octanol–water partition coefficient (Wildman–Crippen LogP) is 4.13. The molecule has 5 rings (SSSR count). The van der Waals surface area contributed by atoms with Crippen LogP contribution in [0.4, 0.5) is 5.69 Å².